The van der Waals surface area contributed by atoms with Gasteiger partial charge in [0.2, 0.25) is 5.91 Å². The number of H-pyrrole nitrogens is 1. The van der Waals surface area contributed by atoms with Crippen molar-refractivity contribution in [1.82, 2.24) is 14.8 Å². The Labute approximate surface area is 240 Å². The van der Waals surface area contributed by atoms with E-state index < -0.39 is 16.5 Å². The largest absolute Gasteiger partial charge is 0.361 e. The topological polar surface area (TPSA) is 59.7 Å². The van der Waals surface area contributed by atoms with Gasteiger partial charge in [0.25, 0.3) is 5.91 Å². The Kier molecular flexibility index (Phi) is 5.63. The Morgan fingerprint density at radius 3 is 2.49 bits per heavy atom. The smallest absolute Gasteiger partial charge is 0.261 e. The zero-order valence-electron chi connectivity index (χ0n) is 21.5. The van der Waals surface area contributed by atoms with Gasteiger partial charge >= 0.3 is 0 Å². The summed E-state index contributed by atoms with van der Waals surface area (Å²) in [6.45, 7) is 1.83. The quantitative estimate of drug-likeness (QED) is 0.296. The van der Waals surface area contributed by atoms with Crippen LogP contribution in [0.5, 0.6) is 0 Å². The maximum atomic E-state index is 14.7. The molecule has 2 saturated heterocycles. The van der Waals surface area contributed by atoms with Gasteiger partial charge < -0.3 is 19.7 Å². The number of aromatic amines is 1. The summed E-state index contributed by atoms with van der Waals surface area (Å²) < 4.78 is 0.661. The first-order chi connectivity index (χ1) is 18.9. The van der Waals surface area contributed by atoms with Gasteiger partial charge in [0.1, 0.15) is 9.69 Å². The highest BCUT2D eigenvalue weighted by molar-refractivity contribution is 8.47. The molecule has 4 aromatic rings. The molecule has 1 aromatic heterocycles. The molecule has 9 heteroatoms. The van der Waals surface area contributed by atoms with E-state index in [-0.39, 0.29) is 18.2 Å². The Balaban J connectivity index is 1.61. The maximum Gasteiger partial charge on any atom is 0.261 e. The molecule has 4 heterocycles. The second-order valence-corrected chi connectivity index (χ2v) is 13.9. The van der Waals surface area contributed by atoms with E-state index in [9.17, 15) is 9.59 Å². The molecule has 0 radical (unpaired) electrons. The number of fused-ring (bicyclic) bond motifs is 7. The van der Waals surface area contributed by atoms with Crippen molar-refractivity contribution < 1.29 is 9.59 Å². The average Bonchev–Trinajstić information content (AvgIpc) is 3.47. The third kappa shape index (κ3) is 3.39. The number of benzene rings is 3. The van der Waals surface area contributed by atoms with Gasteiger partial charge in [0.05, 0.1) is 11.3 Å². The van der Waals surface area contributed by atoms with Crippen molar-refractivity contribution >= 4 is 73.4 Å². The fraction of sp³-hybridized carbons (Fsp3) is 0.233. The van der Waals surface area contributed by atoms with Crippen LogP contribution in [0.1, 0.15) is 24.5 Å². The van der Waals surface area contributed by atoms with Crippen LogP contribution in [0.15, 0.2) is 85.1 Å². The number of thioether (sulfide) groups is 2. The highest BCUT2D eigenvalue weighted by Crippen LogP contribution is 2.58. The molecule has 1 unspecified atom stereocenters. The van der Waals surface area contributed by atoms with E-state index in [2.05, 4.69) is 46.3 Å². The molecule has 2 bridgehead atoms. The minimum Gasteiger partial charge on any atom is -0.361 e. The molecule has 196 valence electrons. The molecule has 0 saturated carbocycles. The minimum atomic E-state index is -1.14. The first kappa shape index (κ1) is 24.7. The number of hydrogen-bond donors (Lipinski definition) is 1. The van der Waals surface area contributed by atoms with Crippen LogP contribution >= 0.6 is 35.7 Å². The van der Waals surface area contributed by atoms with Crippen molar-refractivity contribution in [2.45, 2.75) is 29.8 Å². The summed E-state index contributed by atoms with van der Waals surface area (Å²) in [6, 6.07) is 26.6. The Hall–Kier alpha value is -3.27. The minimum absolute atomic E-state index is 0.0901. The molecular weight excluding hydrogens is 545 g/mol. The lowest BCUT2D eigenvalue weighted by atomic mass is 9.69. The van der Waals surface area contributed by atoms with Gasteiger partial charge in [-0.2, -0.15) is 0 Å². The lowest BCUT2D eigenvalue weighted by Crippen LogP contribution is -2.66. The number of hydrogen-bond acceptors (Lipinski definition) is 6. The van der Waals surface area contributed by atoms with Gasteiger partial charge in [-0.3, -0.25) is 9.59 Å². The number of rotatable bonds is 2. The summed E-state index contributed by atoms with van der Waals surface area (Å²) in [6.07, 6.45) is 1.74. The van der Waals surface area contributed by atoms with Gasteiger partial charge in [0.15, 0.2) is 4.87 Å². The van der Waals surface area contributed by atoms with Crippen molar-refractivity contribution in [2.75, 3.05) is 17.8 Å². The zero-order valence-corrected chi connectivity index (χ0v) is 23.9. The summed E-state index contributed by atoms with van der Waals surface area (Å²) in [5, 5.41) is 1.05. The summed E-state index contributed by atoms with van der Waals surface area (Å²) in [4.78, 5) is 37.2. The third-order valence-corrected chi connectivity index (χ3v) is 11.3. The average molecular weight is 571 g/mol. The third-order valence-electron chi connectivity index (χ3n) is 8.43. The van der Waals surface area contributed by atoms with Crippen LogP contribution in [0.2, 0.25) is 0 Å². The number of aromatic nitrogens is 1. The van der Waals surface area contributed by atoms with Crippen molar-refractivity contribution in [3.05, 3.63) is 96.2 Å². The van der Waals surface area contributed by atoms with Crippen LogP contribution in [0.25, 0.3) is 10.9 Å². The number of carbonyl (C=O) groups excluding carboxylic acids is 2. The van der Waals surface area contributed by atoms with Crippen LogP contribution in [0.4, 0.5) is 11.4 Å². The van der Waals surface area contributed by atoms with Crippen molar-refractivity contribution in [3.63, 3.8) is 0 Å². The normalized spacial score (nSPS) is 26.8. The van der Waals surface area contributed by atoms with Gasteiger partial charge in [-0.25, -0.2) is 0 Å². The summed E-state index contributed by atoms with van der Waals surface area (Å²) in [5.41, 5.74) is 4.17. The zero-order chi connectivity index (χ0) is 26.9. The number of carbonyl (C=O) groups is 2. The number of likely N-dealkylation sites (N-methyl/N-ethyl adjacent to an activating group) is 1. The molecule has 39 heavy (non-hydrogen) atoms. The molecular formula is C30H26N4O2S3. The number of amides is 2. The molecule has 0 spiro atoms. The molecule has 0 aliphatic carbocycles. The SMILES string of the molecule is CN1C(=O)CC2(c3c[nH]c4ccccc34)c3ccccc3N(c3ccccc3)[C@@H]2N2CSC(=S)S[C@]1(C)C2=O. The molecule has 3 atom stereocenters. The summed E-state index contributed by atoms with van der Waals surface area (Å²) >= 11 is 8.49. The van der Waals surface area contributed by atoms with E-state index in [1.165, 1.54) is 23.5 Å². The lowest BCUT2D eigenvalue weighted by Gasteiger charge is -2.50. The molecule has 3 aromatic carbocycles. The predicted molar refractivity (Wildman–Crippen MR) is 163 cm³/mol. The molecule has 6 nitrogen and oxygen atoms in total. The standard InChI is InChI=1S/C30H26N4O2S3/c1-29-27(36)33(18-38-28(37)39-29)26-30(16-25(35)32(29)2,22-17-31-23-14-8-6-12-20(22)23)21-13-7-9-15-24(21)34(26)19-10-4-3-5-11-19/h3-15,17,26,31H,16,18H2,1-2H3/t26-,29+,30?/m0/s1. The fourth-order valence-electron chi connectivity index (χ4n) is 6.50. The van der Waals surface area contributed by atoms with E-state index in [0.29, 0.717) is 9.41 Å². The van der Waals surface area contributed by atoms with Gasteiger partial charge in [-0.15, -0.1) is 0 Å². The number of nitrogens with one attached hydrogen (secondary N) is 1. The second-order valence-electron chi connectivity index (χ2n) is 10.3. The first-order valence-corrected chi connectivity index (χ1v) is 15.0. The number of anilines is 2. The van der Waals surface area contributed by atoms with Crippen LogP contribution in [0.3, 0.4) is 0 Å². The van der Waals surface area contributed by atoms with E-state index in [1.54, 1.807) is 11.9 Å². The first-order valence-electron chi connectivity index (χ1n) is 12.8. The monoisotopic (exact) mass is 570 g/mol. The number of nitrogens with zero attached hydrogens (tertiary/aromatic N) is 3. The molecule has 7 rings (SSSR count). The highest BCUT2D eigenvalue weighted by atomic mass is 32.2. The highest BCUT2D eigenvalue weighted by Gasteiger charge is 2.62. The van der Waals surface area contributed by atoms with E-state index >= 15 is 0 Å². The van der Waals surface area contributed by atoms with E-state index in [0.717, 1.165) is 33.4 Å². The van der Waals surface area contributed by atoms with Crippen molar-refractivity contribution in [1.29, 1.82) is 0 Å². The number of thiocarbonyl (C=S) groups is 1. The molecule has 3 aliphatic rings. The number of para-hydroxylation sites is 3. The lowest BCUT2D eigenvalue weighted by molar-refractivity contribution is -0.151. The molecule has 1 N–H and O–H groups in total. The Morgan fingerprint density at radius 2 is 1.67 bits per heavy atom. The molecule has 2 amide bonds. The van der Waals surface area contributed by atoms with Crippen molar-refractivity contribution in [3.8, 4) is 0 Å². The van der Waals surface area contributed by atoms with Crippen LogP contribution in [-0.2, 0) is 15.0 Å². The summed E-state index contributed by atoms with van der Waals surface area (Å²) in [5.74, 6) is 0.194. The Bertz CT molecular complexity index is 1660. The maximum absolute atomic E-state index is 14.7. The van der Waals surface area contributed by atoms with Crippen LogP contribution < -0.4 is 4.90 Å². The molecule has 3 aliphatic heterocycles. The van der Waals surface area contributed by atoms with E-state index in [4.69, 9.17) is 12.2 Å². The predicted octanol–water partition coefficient (Wildman–Crippen LogP) is 6.06. The van der Waals surface area contributed by atoms with Crippen LogP contribution in [-0.4, -0.2) is 54.1 Å². The summed E-state index contributed by atoms with van der Waals surface area (Å²) in [7, 11) is 1.74. The van der Waals surface area contributed by atoms with Crippen LogP contribution in [0, 0.1) is 0 Å². The van der Waals surface area contributed by atoms with Crippen molar-refractivity contribution in [2.24, 2.45) is 0 Å². The second kappa shape index (κ2) is 8.87. The van der Waals surface area contributed by atoms with Gasteiger partial charge in [-0.1, -0.05) is 90.3 Å². The van der Waals surface area contributed by atoms with Gasteiger partial charge in [-0.05, 0) is 42.3 Å². The van der Waals surface area contributed by atoms with E-state index in [1.807, 2.05) is 60.5 Å². The fourth-order valence-corrected chi connectivity index (χ4v) is 9.30. The molecule has 2 fully saturated rings. The Morgan fingerprint density at radius 1 is 0.949 bits per heavy atom. The van der Waals surface area contributed by atoms with Gasteiger partial charge in [0, 0.05) is 41.9 Å².